The van der Waals surface area contributed by atoms with Crippen LogP contribution in [0.2, 0.25) is 0 Å². The van der Waals surface area contributed by atoms with Gasteiger partial charge < -0.3 is 24.8 Å². The van der Waals surface area contributed by atoms with Gasteiger partial charge in [-0.2, -0.15) is 0 Å². The fraction of sp³-hybridized carbons (Fsp3) is 0.452. The molecule has 6 rings (SSSR count). The quantitative estimate of drug-likeness (QED) is 0.467. The summed E-state index contributed by atoms with van der Waals surface area (Å²) in [6, 6.07) is 11.4. The second kappa shape index (κ2) is 11.5. The second-order valence-corrected chi connectivity index (χ2v) is 11.6. The molecule has 3 aliphatic heterocycles. The van der Waals surface area contributed by atoms with Crippen molar-refractivity contribution in [2.45, 2.75) is 50.7 Å². The van der Waals surface area contributed by atoms with Gasteiger partial charge in [-0.15, -0.1) is 0 Å². The third kappa shape index (κ3) is 5.31. The maximum atomic E-state index is 15.0. The number of aliphatic hydroxyl groups excluding tert-OH is 1. The molecule has 0 aliphatic carbocycles. The maximum absolute atomic E-state index is 15.0. The number of imidazole rings is 1. The van der Waals surface area contributed by atoms with Gasteiger partial charge in [-0.25, -0.2) is 18.2 Å². The minimum absolute atomic E-state index is 0.0119. The van der Waals surface area contributed by atoms with Crippen molar-refractivity contribution in [2.75, 3.05) is 26.2 Å². The van der Waals surface area contributed by atoms with Gasteiger partial charge in [-0.1, -0.05) is 30.3 Å². The van der Waals surface area contributed by atoms with E-state index in [9.17, 15) is 23.5 Å². The Hall–Kier alpha value is -3.70. The topological polar surface area (TPSA) is 90.7 Å². The molecule has 42 heavy (non-hydrogen) atoms. The highest BCUT2D eigenvalue weighted by Crippen LogP contribution is 2.41. The molecule has 4 heterocycles. The first-order valence-corrected chi connectivity index (χ1v) is 14.4. The zero-order valence-corrected chi connectivity index (χ0v) is 23.3. The van der Waals surface area contributed by atoms with Crippen LogP contribution in [0.3, 0.4) is 0 Å². The molecule has 0 saturated carbocycles. The minimum Gasteiger partial charge on any atom is -0.382 e. The number of nitrogens with one attached hydrogen (secondary N) is 1. The summed E-state index contributed by atoms with van der Waals surface area (Å²) < 4.78 is 46.0. The van der Waals surface area contributed by atoms with E-state index in [-0.39, 0.29) is 36.2 Å². The van der Waals surface area contributed by atoms with Gasteiger partial charge >= 0.3 is 0 Å². The van der Waals surface area contributed by atoms with Crippen LogP contribution in [0.1, 0.15) is 37.2 Å². The number of nitrogens with zero attached hydrogens (tertiary/aromatic N) is 4. The van der Waals surface area contributed by atoms with Crippen molar-refractivity contribution in [3.8, 4) is 11.3 Å². The highest BCUT2D eigenvalue weighted by molar-refractivity contribution is 5.83. The fourth-order valence-electron chi connectivity index (χ4n) is 6.77. The Kier molecular flexibility index (Phi) is 7.80. The van der Waals surface area contributed by atoms with Crippen LogP contribution in [0.15, 0.2) is 54.7 Å². The summed E-state index contributed by atoms with van der Waals surface area (Å²) in [5.41, 5.74) is 1.13. The number of hydrogen-bond donors (Lipinski definition) is 2. The number of aliphatic hydroxyl groups is 1. The number of hydrogen-bond acceptors (Lipinski definition) is 5. The first-order chi connectivity index (χ1) is 20.2. The number of amides is 2. The largest absolute Gasteiger partial charge is 0.382 e. The van der Waals surface area contributed by atoms with E-state index in [1.807, 2.05) is 34.9 Å². The van der Waals surface area contributed by atoms with Gasteiger partial charge in [-0.3, -0.25) is 9.59 Å². The molecule has 5 atom stereocenters. The average Bonchev–Trinajstić information content (AvgIpc) is 3.57. The predicted octanol–water partition coefficient (Wildman–Crippen LogP) is 3.31. The monoisotopic (exact) mass is 581 g/mol. The number of benzene rings is 2. The molecular weight excluding hydrogens is 547 g/mol. The summed E-state index contributed by atoms with van der Waals surface area (Å²) in [5, 5.41) is 14.0. The molecule has 1 aromatic heterocycles. The maximum Gasteiger partial charge on any atom is 0.253 e. The van der Waals surface area contributed by atoms with E-state index in [4.69, 9.17) is 4.98 Å². The number of carbonyl (C=O) groups excluding carboxylic acids is 2. The van der Waals surface area contributed by atoms with Crippen LogP contribution in [0.25, 0.3) is 11.3 Å². The van der Waals surface area contributed by atoms with Gasteiger partial charge in [0.05, 0.1) is 11.7 Å². The van der Waals surface area contributed by atoms with Crippen LogP contribution < -0.4 is 5.32 Å². The Morgan fingerprint density at radius 3 is 2.60 bits per heavy atom. The highest BCUT2D eigenvalue weighted by Gasteiger charge is 2.52. The zero-order valence-electron chi connectivity index (χ0n) is 23.3. The lowest BCUT2D eigenvalue weighted by Crippen LogP contribution is -2.60. The van der Waals surface area contributed by atoms with Crippen molar-refractivity contribution in [3.05, 3.63) is 77.8 Å². The molecule has 4 unspecified atom stereocenters. The van der Waals surface area contributed by atoms with Crippen molar-refractivity contribution in [2.24, 2.45) is 11.8 Å². The van der Waals surface area contributed by atoms with E-state index >= 15 is 4.39 Å². The molecule has 11 heteroatoms. The van der Waals surface area contributed by atoms with E-state index in [0.29, 0.717) is 38.3 Å². The summed E-state index contributed by atoms with van der Waals surface area (Å²) >= 11 is 0. The van der Waals surface area contributed by atoms with Crippen LogP contribution in [-0.4, -0.2) is 80.8 Å². The highest BCUT2D eigenvalue weighted by atomic mass is 19.1. The molecule has 2 N–H and O–H groups in total. The van der Waals surface area contributed by atoms with E-state index in [2.05, 4.69) is 5.32 Å². The van der Waals surface area contributed by atoms with Crippen molar-refractivity contribution < 1.29 is 27.9 Å². The molecule has 3 fully saturated rings. The van der Waals surface area contributed by atoms with Gasteiger partial charge in [0.25, 0.3) is 5.91 Å². The van der Waals surface area contributed by atoms with Gasteiger partial charge in [0.1, 0.15) is 29.7 Å². The number of likely N-dealkylation sites (tertiary alicyclic amines) is 2. The van der Waals surface area contributed by atoms with Gasteiger partial charge in [0, 0.05) is 63.4 Å². The Morgan fingerprint density at radius 2 is 1.88 bits per heavy atom. The number of rotatable bonds is 6. The number of halogens is 3. The van der Waals surface area contributed by atoms with Crippen LogP contribution in [0, 0.1) is 23.5 Å². The van der Waals surface area contributed by atoms with Crippen LogP contribution >= 0.6 is 0 Å². The third-order valence-corrected chi connectivity index (χ3v) is 9.00. The van der Waals surface area contributed by atoms with E-state index in [1.54, 1.807) is 11.1 Å². The summed E-state index contributed by atoms with van der Waals surface area (Å²) in [5.74, 6) is -2.14. The zero-order chi connectivity index (χ0) is 29.5. The molecule has 3 aliphatic rings. The lowest BCUT2D eigenvalue weighted by atomic mass is 9.83. The molecule has 3 aromatic rings. The molecule has 222 valence electrons. The van der Waals surface area contributed by atoms with Crippen molar-refractivity contribution >= 4 is 11.8 Å². The smallest absolute Gasteiger partial charge is 0.253 e. The molecule has 2 aromatic carbocycles. The summed E-state index contributed by atoms with van der Waals surface area (Å²) in [6.45, 7) is 2.95. The lowest BCUT2D eigenvalue weighted by molar-refractivity contribution is -0.154. The summed E-state index contributed by atoms with van der Waals surface area (Å²) in [6.07, 6.45) is 0.0958. The molecule has 0 bridgehead atoms. The van der Waals surface area contributed by atoms with Crippen molar-refractivity contribution in [3.63, 3.8) is 0 Å². The van der Waals surface area contributed by atoms with Gasteiger partial charge in [-0.05, 0) is 42.5 Å². The second-order valence-electron chi connectivity index (χ2n) is 11.6. The molecule has 2 amide bonds. The third-order valence-electron chi connectivity index (χ3n) is 9.00. The molecule has 0 radical (unpaired) electrons. The van der Waals surface area contributed by atoms with Crippen molar-refractivity contribution in [1.82, 2.24) is 24.7 Å². The number of fused-ring (bicyclic) bond motifs is 1. The first kappa shape index (κ1) is 28.4. The molecule has 8 nitrogen and oxygen atoms in total. The first-order valence-electron chi connectivity index (χ1n) is 14.4. The van der Waals surface area contributed by atoms with Crippen molar-refractivity contribution in [1.29, 1.82) is 0 Å². The molecule has 0 spiro atoms. The number of carbonyl (C=O) groups is 2. The Labute approximate surface area is 242 Å². The van der Waals surface area contributed by atoms with Crippen LogP contribution in [0.4, 0.5) is 13.2 Å². The van der Waals surface area contributed by atoms with E-state index in [1.165, 1.54) is 11.8 Å². The van der Waals surface area contributed by atoms with E-state index < -0.39 is 47.8 Å². The number of piperidine rings is 2. The standard InChI is InChI=1S/C31H34F3N5O3/c1-18(40)37-11-9-20(10-12-37)28(39-16-23-25(34)14-35-27(23)29(41)31(39)42)30-36-26(22-13-21(32)7-8-24(22)33)17-38(30)15-19-5-3-2-4-6-19/h2-8,13,17,20,23,25,27-29,35,41H,9-12,14-16H2,1H3/t23?,25?,27?,28?,29-/m0/s1. The van der Waals surface area contributed by atoms with Crippen LogP contribution in [0.5, 0.6) is 0 Å². The molecule has 3 saturated heterocycles. The predicted molar refractivity (Wildman–Crippen MR) is 149 cm³/mol. The fourth-order valence-corrected chi connectivity index (χ4v) is 6.77. The summed E-state index contributed by atoms with van der Waals surface area (Å²) in [7, 11) is 0. The normalized spacial score (nSPS) is 25.5. The Morgan fingerprint density at radius 1 is 1.14 bits per heavy atom. The average molecular weight is 582 g/mol. The van der Waals surface area contributed by atoms with Gasteiger partial charge in [0.15, 0.2) is 0 Å². The number of aromatic nitrogens is 2. The SMILES string of the molecule is CC(=O)N1CCC(C(c2nc(-c3cc(F)ccc3F)cn2Cc2ccccc2)N2CC3C(F)CNC3[C@H](O)C2=O)CC1. The Balaban J connectivity index is 1.47. The Bertz CT molecular complexity index is 1460. The number of alkyl halides is 1. The minimum atomic E-state index is -1.43. The van der Waals surface area contributed by atoms with Gasteiger partial charge in [0.2, 0.25) is 5.91 Å². The van der Waals surface area contributed by atoms with E-state index in [0.717, 1.165) is 23.8 Å². The summed E-state index contributed by atoms with van der Waals surface area (Å²) in [4.78, 5) is 34.0. The lowest BCUT2D eigenvalue weighted by Gasteiger charge is -2.46. The van der Waals surface area contributed by atoms with Crippen LogP contribution in [-0.2, 0) is 16.1 Å². The molecular formula is C31H34F3N5O3.